The lowest BCUT2D eigenvalue weighted by Gasteiger charge is -2.50. The highest BCUT2D eigenvalue weighted by molar-refractivity contribution is 5.19. The number of nitrogens with zero attached hydrogens (tertiary/aromatic N) is 2. The lowest BCUT2D eigenvalue weighted by Crippen LogP contribution is -2.42. The van der Waals surface area contributed by atoms with Gasteiger partial charge in [0.2, 0.25) is 0 Å². The van der Waals surface area contributed by atoms with E-state index in [9.17, 15) is 5.11 Å². The summed E-state index contributed by atoms with van der Waals surface area (Å²) < 4.78 is 0. The molecule has 0 saturated heterocycles. The molecule has 8 atom stereocenters. The number of rotatable bonds is 4. The molecule has 28 heavy (non-hydrogen) atoms. The number of aliphatic hydroxyl groups excluding tert-OH is 1. The van der Waals surface area contributed by atoms with E-state index in [4.69, 9.17) is 0 Å². The average Bonchev–Trinajstić information content (AvgIpc) is 3.17. The van der Waals surface area contributed by atoms with Gasteiger partial charge in [0.15, 0.2) is 0 Å². The molecule has 0 radical (unpaired) electrons. The molecule has 0 bridgehead atoms. The lowest BCUT2D eigenvalue weighted by molar-refractivity contribution is 0.0283. The molecule has 0 amide bonds. The van der Waals surface area contributed by atoms with Crippen molar-refractivity contribution in [2.45, 2.75) is 77.2 Å². The summed E-state index contributed by atoms with van der Waals surface area (Å²) in [6.07, 6.45) is 18.8. The van der Waals surface area contributed by atoms with Crippen LogP contribution in [0.1, 0.15) is 70.4 Å². The van der Waals surface area contributed by atoms with Crippen LogP contribution in [0.5, 0.6) is 0 Å². The van der Waals surface area contributed by atoms with Gasteiger partial charge in [-0.1, -0.05) is 18.6 Å². The number of hydrogen-bond acceptors (Lipinski definition) is 3. The van der Waals surface area contributed by atoms with Gasteiger partial charge in [-0.3, -0.25) is 0 Å². The summed E-state index contributed by atoms with van der Waals surface area (Å²) in [5.74, 6) is 6.32. The van der Waals surface area contributed by atoms with E-state index < -0.39 is 0 Å². The molecule has 0 aromatic carbocycles. The molecule has 1 heterocycles. The smallest absolute Gasteiger partial charge is 0.115 e. The number of allylic oxidation sites excluding steroid dienone is 1. The second kappa shape index (κ2) is 7.89. The third-order valence-electron chi connectivity index (χ3n) is 9.02. The van der Waals surface area contributed by atoms with Crippen LogP contribution in [0.3, 0.4) is 0 Å². The summed E-state index contributed by atoms with van der Waals surface area (Å²) >= 11 is 0. The molecule has 1 N–H and O–H groups in total. The van der Waals surface area contributed by atoms with Crippen molar-refractivity contribution in [3.63, 3.8) is 0 Å². The normalized spacial score (nSPS) is 40.8. The molecule has 8 unspecified atom stereocenters. The summed E-state index contributed by atoms with van der Waals surface area (Å²) in [5.41, 5.74) is 2.82. The van der Waals surface area contributed by atoms with E-state index >= 15 is 0 Å². The third kappa shape index (κ3) is 3.44. The van der Waals surface area contributed by atoms with E-state index in [-0.39, 0.29) is 6.10 Å². The van der Waals surface area contributed by atoms with Gasteiger partial charge in [0.05, 0.1) is 6.10 Å². The zero-order valence-corrected chi connectivity index (χ0v) is 17.3. The van der Waals surface area contributed by atoms with Gasteiger partial charge in [-0.15, -0.1) is 0 Å². The van der Waals surface area contributed by atoms with E-state index in [0.29, 0.717) is 0 Å². The van der Waals surface area contributed by atoms with E-state index in [1.165, 1.54) is 50.6 Å². The number of aryl methyl sites for hydroxylation is 1. The maximum Gasteiger partial charge on any atom is 0.115 e. The number of hydrogen-bond donors (Lipinski definition) is 1. The van der Waals surface area contributed by atoms with Crippen molar-refractivity contribution in [2.24, 2.45) is 41.4 Å². The van der Waals surface area contributed by atoms with Gasteiger partial charge >= 0.3 is 0 Å². The Morgan fingerprint density at radius 1 is 1.04 bits per heavy atom. The molecule has 3 saturated carbocycles. The Labute approximate surface area is 170 Å². The van der Waals surface area contributed by atoms with Crippen molar-refractivity contribution >= 4 is 0 Å². The first-order chi connectivity index (χ1) is 13.7. The first-order valence-corrected chi connectivity index (χ1v) is 11.8. The average molecular weight is 381 g/mol. The number of fused-ring (bicyclic) bond motifs is 5. The van der Waals surface area contributed by atoms with Crippen molar-refractivity contribution in [1.29, 1.82) is 0 Å². The molecular weight excluding hydrogens is 344 g/mol. The van der Waals surface area contributed by atoms with E-state index in [1.807, 2.05) is 6.20 Å². The number of aromatic nitrogens is 2. The first-order valence-electron chi connectivity index (χ1n) is 11.8. The monoisotopic (exact) mass is 380 g/mol. The Hall–Kier alpha value is -1.22. The second-order valence-electron chi connectivity index (χ2n) is 10.2. The maximum atomic E-state index is 10.1. The number of aliphatic hydroxyl groups is 1. The highest BCUT2D eigenvalue weighted by atomic mass is 16.3. The van der Waals surface area contributed by atoms with Crippen LogP contribution < -0.4 is 0 Å². The molecule has 4 aliphatic rings. The van der Waals surface area contributed by atoms with Crippen LogP contribution in [0.2, 0.25) is 0 Å². The van der Waals surface area contributed by atoms with Crippen molar-refractivity contribution < 1.29 is 5.11 Å². The van der Waals surface area contributed by atoms with E-state index in [1.54, 1.807) is 11.9 Å². The Morgan fingerprint density at radius 2 is 1.89 bits per heavy atom. The zero-order chi connectivity index (χ0) is 19.1. The molecule has 3 nitrogen and oxygen atoms in total. The van der Waals surface area contributed by atoms with Crippen LogP contribution in [0.4, 0.5) is 0 Å². The van der Waals surface area contributed by atoms with Crippen molar-refractivity contribution in [1.82, 2.24) is 9.97 Å². The molecular formula is C25H36N2O. The fraction of sp³-hybridized carbons (Fsp3) is 0.760. The fourth-order valence-corrected chi connectivity index (χ4v) is 7.71. The third-order valence-corrected chi connectivity index (χ3v) is 9.02. The van der Waals surface area contributed by atoms with Gasteiger partial charge in [-0.25, -0.2) is 9.97 Å². The van der Waals surface area contributed by atoms with Crippen molar-refractivity contribution in [3.8, 4) is 0 Å². The molecule has 5 rings (SSSR count). The Kier molecular flexibility index (Phi) is 5.30. The quantitative estimate of drug-likeness (QED) is 0.730. The van der Waals surface area contributed by atoms with Crippen LogP contribution in [-0.2, 0) is 6.42 Å². The van der Waals surface area contributed by atoms with Crippen LogP contribution in [0.25, 0.3) is 0 Å². The SMILES string of the molecule is CC(CCc1ccncn1)C1CCC2C1CCC1C3CCC(O)CC3=CCC12. The maximum absolute atomic E-state index is 10.1. The van der Waals surface area contributed by atoms with Gasteiger partial charge in [-0.2, -0.15) is 0 Å². The minimum Gasteiger partial charge on any atom is -0.393 e. The lowest BCUT2D eigenvalue weighted by atomic mass is 9.56. The standard InChI is InChI=1S/C25H36N2O/c1-16(2-4-18-12-13-26-15-27-18)20-8-9-25-22(20)10-11-23-21-7-5-19(28)14-17(21)3-6-24(23)25/h3,12-13,15-16,19-25,28H,2,4-11,14H2,1H3. The molecule has 3 heteroatoms. The molecule has 152 valence electrons. The second-order valence-corrected chi connectivity index (χ2v) is 10.2. The van der Waals surface area contributed by atoms with Gasteiger partial charge < -0.3 is 5.11 Å². The van der Waals surface area contributed by atoms with Gasteiger partial charge in [0.1, 0.15) is 6.33 Å². The summed E-state index contributed by atoms with van der Waals surface area (Å²) in [5, 5.41) is 10.1. The highest BCUT2D eigenvalue weighted by Gasteiger charge is 2.50. The van der Waals surface area contributed by atoms with Crippen molar-refractivity contribution in [2.75, 3.05) is 0 Å². The molecule has 1 aromatic heterocycles. The van der Waals surface area contributed by atoms with E-state index in [0.717, 1.165) is 60.7 Å². The fourth-order valence-electron chi connectivity index (χ4n) is 7.71. The van der Waals surface area contributed by atoms with Crippen molar-refractivity contribution in [3.05, 3.63) is 35.9 Å². The molecule has 4 aliphatic carbocycles. The van der Waals surface area contributed by atoms with Gasteiger partial charge in [0, 0.05) is 11.9 Å². The van der Waals surface area contributed by atoms with Crippen LogP contribution in [0.15, 0.2) is 30.2 Å². The largest absolute Gasteiger partial charge is 0.393 e. The summed E-state index contributed by atoms with van der Waals surface area (Å²) in [7, 11) is 0. The highest BCUT2D eigenvalue weighted by Crippen LogP contribution is 2.58. The summed E-state index contributed by atoms with van der Waals surface area (Å²) in [4.78, 5) is 8.47. The van der Waals surface area contributed by atoms with Gasteiger partial charge in [-0.05, 0) is 112 Å². The predicted octanol–water partition coefficient (Wildman–Crippen LogP) is 5.21. The van der Waals surface area contributed by atoms with Gasteiger partial charge in [0.25, 0.3) is 0 Å². The molecule has 0 spiro atoms. The minimum absolute atomic E-state index is 0.0676. The van der Waals surface area contributed by atoms with Crippen LogP contribution >= 0.6 is 0 Å². The van der Waals surface area contributed by atoms with Crippen LogP contribution in [0, 0.1) is 41.4 Å². The topological polar surface area (TPSA) is 46.0 Å². The summed E-state index contributed by atoms with van der Waals surface area (Å²) in [6, 6.07) is 2.07. The zero-order valence-electron chi connectivity index (χ0n) is 17.3. The Balaban J connectivity index is 1.24. The molecule has 3 fully saturated rings. The Bertz CT molecular complexity index is 702. The summed E-state index contributed by atoms with van der Waals surface area (Å²) in [6.45, 7) is 2.50. The molecule has 1 aromatic rings. The predicted molar refractivity (Wildman–Crippen MR) is 111 cm³/mol. The molecule has 0 aliphatic heterocycles. The Morgan fingerprint density at radius 3 is 2.75 bits per heavy atom. The first kappa shape index (κ1) is 18.8. The van der Waals surface area contributed by atoms with E-state index in [2.05, 4.69) is 29.0 Å². The minimum atomic E-state index is -0.0676. The van der Waals surface area contributed by atoms with Crippen LogP contribution in [-0.4, -0.2) is 21.2 Å².